The van der Waals surface area contributed by atoms with Crippen LogP contribution in [0.25, 0.3) is 0 Å². The number of carbonyl (C=O) groups is 1. The molecule has 1 fully saturated rings. The monoisotopic (exact) mass is 227 g/mol. The molecule has 0 aromatic heterocycles. The molecule has 0 radical (unpaired) electrons. The van der Waals surface area contributed by atoms with E-state index in [-0.39, 0.29) is 11.4 Å². The minimum absolute atomic E-state index is 0.0723. The second-order valence-corrected chi connectivity index (χ2v) is 5.53. The molecule has 0 atom stereocenters. The third-order valence-corrected chi connectivity index (χ3v) is 4.00. The molecule has 0 unspecified atom stereocenters. The van der Waals surface area contributed by atoms with E-state index < -0.39 is 5.54 Å². The Hall–Kier alpha value is -0.610. The van der Waals surface area contributed by atoms with Crippen LogP contribution in [0.3, 0.4) is 0 Å². The van der Waals surface area contributed by atoms with E-state index in [1.165, 1.54) is 19.3 Å². The Balaban J connectivity index is 2.48. The number of nitrogens with zero attached hydrogens (tertiary/aromatic N) is 1. The molecule has 4 heteroatoms. The van der Waals surface area contributed by atoms with Gasteiger partial charge in [0.05, 0.1) is 5.54 Å². The average molecular weight is 227 g/mol. The number of likely N-dealkylation sites (N-methyl/N-ethyl adjacent to an activating group) is 2. The molecule has 1 aliphatic carbocycles. The molecule has 4 nitrogen and oxygen atoms in total. The minimum atomic E-state index is -0.489. The van der Waals surface area contributed by atoms with Crippen LogP contribution in [0.15, 0.2) is 0 Å². The van der Waals surface area contributed by atoms with Crippen molar-refractivity contribution in [1.29, 1.82) is 0 Å². The van der Waals surface area contributed by atoms with Gasteiger partial charge in [0.2, 0.25) is 5.91 Å². The zero-order chi connectivity index (χ0) is 12.4. The highest BCUT2D eigenvalue weighted by atomic mass is 16.2. The van der Waals surface area contributed by atoms with E-state index in [4.69, 9.17) is 0 Å². The lowest BCUT2D eigenvalue weighted by molar-refractivity contribution is -0.127. The molecule has 0 bridgehead atoms. The Morgan fingerprint density at radius 3 is 2.25 bits per heavy atom. The number of rotatable bonds is 5. The maximum absolute atomic E-state index is 11.9. The van der Waals surface area contributed by atoms with Gasteiger partial charge in [0, 0.05) is 12.1 Å². The highest BCUT2D eigenvalue weighted by molar-refractivity contribution is 5.85. The van der Waals surface area contributed by atoms with Crippen molar-refractivity contribution in [3.8, 4) is 0 Å². The lowest BCUT2D eigenvalue weighted by Gasteiger charge is -2.47. The second-order valence-electron chi connectivity index (χ2n) is 5.53. The number of hydrogen-bond donors (Lipinski definition) is 2. The summed E-state index contributed by atoms with van der Waals surface area (Å²) in [6, 6.07) is 0. The Labute approximate surface area is 98.8 Å². The second kappa shape index (κ2) is 4.72. The molecule has 16 heavy (non-hydrogen) atoms. The summed E-state index contributed by atoms with van der Waals surface area (Å²) in [6.45, 7) is 4.54. The molecule has 0 aliphatic heterocycles. The van der Waals surface area contributed by atoms with E-state index in [2.05, 4.69) is 29.6 Å². The summed E-state index contributed by atoms with van der Waals surface area (Å²) in [5.74, 6) is 0.0723. The summed E-state index contributed by atoms with van der Waals surface area (Å²) < 4.78 is 0. The van der Waals surface area contributed by atoms with Crippen LogP contribution in [0.1, 0.15) is 33.1 Å². The highest BCUT2D eigenvalue weighted by Crippen LogP contribution is 2.35. The van der Waals surface area contributed by atoms with E-state index in [0.717, 1.165) is 6.54 Å². The summed E-state index contributed by atoms with van der Waals surface area (Å²) in [5.41, 5.74) is -0.295. The molecule has 1 rings (SSSR count). The topological polar surface area (TPSA) is 44.4 Å². The molecule has 1 aliphatic rings. The first-order chi connectivity index (χ1) is 7.34. The number of carbonyl (C=O) groups excluding carboxylic acids is 1. The van der Waals surface area contributed by atoms with Crippen LogP contribution in [0.5, 0.6) is 0 Å². The van der Waals surface area contributed by atoms with Gasteiger partial charge in [-0.15, -0.1) is 0 Å². The van der Waals surface area contributed by atoms with Crippen LogP contribution >= 0.6 is 0 Å². The number of amides is 1. The number of nitrogens with one attached hydrogen (secondary N) is 2. The van der Waals surface area contributed by atoms with E-state index in [0.29, 0.717) is 0 Å². The lowest BCUT2D eigenvalue weighted by atomic mass is 9.75. The van der Waals surface area contributed by atoms with E-state index in [1.807, 2.05) is 20.9 Å². The van der Waals surface area contributed by atoms with Gasteiger partial charge in [-0.2, -0.15) is 0 Å². The molecular formula is C12H25N3O. The molecule has 0 saturated heterocycles. The van der Waals surface area contributed by atoms with Crippen molar-refractivity contribution < 1.29 is 4.79 Å². The smallest absolute Gasteiger partial charge is 0.239 e. The Kier molecular flexibility index (Phi) is 3.97. The van der Waals surface area contributed by atoms with Crippen molar-refractivity contribution in [1.82, 2.24) is 15.5 Å². The maximum Gasteiger partial charge on any atom is 0.239 e. The Bertz CT molecular complexity index is 257. The molecular weight excluding hydrogens is 202 g/mol. The quantitative estimate of drug-likeness (QED) is 0.722. The molecule has 0 heterocycles. The van der Waals surface area contributed by atoms with Gasteiger partial charge in [-0.3, -0.25) is 4.79 Å². The van der Waals surface area contributed by atoms with Gasteiger partial charge in [0.1, 0.15) is 0 Å². The van der Waals surface area contributed by atoms with Crippen LogP contribution < -0.4 is 10.6 Å². The van der Waals surface area contributed by atoms with Gasteiger partial charge in [0.15, 0.2) is 0 Å². The molecule has 0 aromatic rings. The maximum atomic E-state index is 11.9. The van der Waals surface area contributed by atoms with Gasteiger partial charge in [-0.1, -0.05) is 0 Å². The fraction of sp³-hybridized carbons (Fsp3) is 0.917. The van der Waals surface area contributed by atoms with Crippen LogP contribution in [0.2, 0.25) is 0 Å². The third kappa shape index (κ3) is 2.55. The minimum Gasteiger partial charge on any atom is -0.353 e. The predicted octanol–water partition coefficient (Wildman–Crippen LogP) is 0.585. The van der Waals surface area contributed by atoms with E-state index in [9.17, 15) is 4.79 Å². The van der Waals surface area contributed by atoms with Gasteiger partial charge >= 0.3 is 0 Å². The highest BCUT2D eigenvalue weighted by Gasteiger charge is 2.40. The van der Waals surface area contributed by atoms with Gasteiger partial charge in [-0.05, 0) is 54.3 Å². The SMILES string of the molecule is CNC(C)(C)C(=O)NCC1(N(C)C)CCC1. The summed E-state index contributed by atoms with van der Waals surface area (Å²) >= 11 is 0. The van der Waals surface area contributed by atoms with Crippen molar-refractivity contribution in [2.75, 3.05) is 27.7 Å². The molecule has 0 spiro atoms. The fourth-order valence-corrected chi connectivity index (χ4v) is 1.95. The summed E-state index contributed by atoms with van der Waals surface area (Å²) in [6.07, 6.45) is 3.63. The average Bonchev–Trinajstić information content (AvgIpc) is 2.15. The van der Waals surface area contributed by atoms with E-state index in [1.54, 1.807) is 0 Å². The van der Waals surface area contributed by atoms with Gasteiger partial charge < -0.3 is 15.5 Å². The zero-order valence-corrected chi connectivity index (χ0v) is 11.2. The predicted molar refractivity (Wildman–Crippen MR) is 66.4 cm³/mol. The molecule has 1 amide bonds. The summed E-state index contributed by atoms with van der Waals surface area (Å²) in [5, 5.41) is 6.07. The standard InChI is InChI=1S/C12H25N3O/c1-11(2,13-3)10(16)14-9-12(15(4)5)7-6-8-12/h13H,6-9H2,1-5H3,(H,14,16). The van der Waals surface area contributed by atoms with Gasteiger partial charge in [0.25, 0.3) is 0 Å². The van der Waals surface area contributed by atoms with Crippen molar-refractivity contribution in [3.63, 3.8) is 0 Å². The first-order valence-corrected chi connectivity index (χ1v) is 5.99. The largest absolute Gasteiger partial charge is 0.353 e. The molecule has 94 valence electrons. The third-order valence-electron chi connectivity index (χ3n) is 4.00. The first kappa shape index (κ1) is 13.5. The number of hydrogen-bond acceptors (Lipinski definition) is 3. The summed E-state index contributed by atoms with van der Waals surface area (Å²) in [4.78, 5) is 14.2. The molecule has 0 aromatic carbocycles. The fourth-order valence-electron chi connectivity index (χ4n) is 1.95. The summed E-state index contributed by atoms with van der Waals surface area (Å²) in [7, 11) is 5.99. The van der Waals surface area contributed by atoms with Crippen LogP contribution in [-0.2, 0) is 4.79 Å². The van der Waals surface area contributed by atoms with E-state index >= 15 is 0 Å². The molecule has 1 saturated carbocycles. The van der Waals surface area contributed by atoms with Crippen LogP contribution in [0.4, 0.5) is 0 Å². The normalized spacial score (nSPS) is 19.4. The van der Waals surface area contributed by atoms with Crippen molar-refractivity contribution in [2.24, 2.45) is 0 Å². The van der Waals surface area contributed by atoms with Crippen molar-refractivity contribution in [2.45, 2.75) is 44.2 Å². The lowest BCUT2D eigenvalue weighted by Crippen LogP contribution is -2.60. The molecule has 2 N–H and O–H groups in total. The Morgan fingerprint density at radius 1 is 1.38 bits per heavy atom. The Morgan fingerprint density at radius 2 is 1.94 bits per heavy atom. The van der Waals surface area contributed by atoms with Crippen LogP contribution in [0, 0.1) is 0 Å². The van der Waals surface area contributed by atoms with Crippen molar-refractivity contribution in [3.05, 3.63) is 0 Å². The van der Waals surface area contributed by atoms with Gasteiger partial charge in [-0.25, -0.2) is 0 Å². The van der Waals surface area contributed by atoms with Crippen molar-refractivity contribution >= 4 is 5.91 Å². The van der Waals surface area contributed by atoms with Crippen LogP contribution in [-0.4, -0.2) is 49.6 Å². The zero-order valence-electron chi connectivity index (χ0n) is 11.2. The first-order valence-electron chi connectivity index (χ1n) is 5.99.